The van der Waals surface area contributed by atoms with Gasteiger partial charge in [0.05, 0.1) is 13.0 Å². The Kier molecular flexibility index (Phi) is 5.68. The number of hydrogen-bond donors (Lipinski definition) is 2. The van der Waals surface area contributed by atoms with Crippen molar-refractivity contribution >= 4 is 23.2 Å². The molecule has 2 aromatic carbocycles. The van der Waals surface area contributed by atoms with Crippen molar-refractivity contribution in [3.63, 3.8) is 0 Å². The topological polar surface area (TPSA) is 106 Å². The average molecular weight is 457 g/mol. The molecule has 2 heterocycles. The van der Waals surface area contributed by atoms with Crippen molar-refractivity contribution in [1.29, 1.82) is 5.26 Å². The molecule has 0 aliphatic carbocycles. The molecule has 0 saturated carbocycles. The van der Waals surface area contributed by atoms with E-state index in [0.29, 0.717) is 33.0 Å². The number of aromatic nitrogens is 2. The summed E-state index contributed by atoms with van der Waals surface area (Å²) in [6.07, 6.45) is 0. The summed E-state index contributed by atoms with van der Waals surface area (Å²) in [5.74, 6) is 0.983. The Morgan fingerprint density at radius 2 is 2.03 bits per heavy atom. The van der Waals surface area contributed by atoms with Gasteiger partial charge < -0.3 is 19.9 Å². The molecule has 0 bridgehead atoms. The number of benzene rings is 2. The quantitative estimate of drug-likeness (QED) is 0.569. The van der Waals surface area contributed by atoms with E-state index in [9.17, 15) is 5.26 Å². The number of nitriles is 1. The lowest BCUT2D eigenvalue weighted by molar-refractivity contribution is 0.284. The third kappa shape index (κ3) is 3.88. The number of ether oxygens (including phenoxy) is 3. The highest BCUT2D eigenvalue weighted by molar-refractivity contribution is 6.35. The van der Waals surface area contributed by atoms with Crippen LogP contribution < -0.4 is 19.9 Å². The Hall–Kier alpha value is -3.34. The van der Waals surface area contributed by atoms with Gasteiger partial charge in [0.25, 0.3) is 0 Å². The molecule has 1 atom stereocenters. The first kappa shape index (κ1) is 20.9. The summed E-state index contributed by atoms with van der Waals surface area (Å²) in [6, 6.07) is 12.8. The van der Waals surface area contributed by atoms with Gasteiger partial charge in [0, 0.05) is 26.9 Å². The summed E-state index contributed by atoms with van der Waals surface area (Å²) >= 11 is 12.2. The first-order valence-corrected chi connectivity index (χ1v) is 10.1. The van der Waals surface area contributed by atoms with Crippen LogP contribution in [0.3, 0.4) is 0 Å². The first-order valence-electron chi connectivity index (χ1n) is 9.30. The van der Waals surface area contributed by atoms with Gasteiger partial charge in [-0.15, -0.1) is 5.10 Å². The zero-order valence-corrected chi connectivity index (χ0v) is 18.2. The van der Waals surface area contributed by atoms with E-state index in [-0.39, 0.29) is 12.5 Å². The van der Waals surface area contributed by atoms with Gasteiger partial charge in [-0.3, -0.25) is 5.10 Å². The molecule has 3 N–H and O–H groups in total. The number of methoxy groups -OCH3 is 1. The smallest absolute Gasteiger partial charge is 0.244 e. The summed E-state index contributed by atoms with van der Waals surface area (Å²) in [5.41, 5.74) is 9.42. The number of nitrogens with two attached hydrogens (primary N) is 1. The number of rotatable bonds is 5. The zero-order valence-electron chi connectivity index (χ0n) is 16.7. The number of aryl methyl sites for hydroxylation is 1. The lowest BCUT2D eigenvalue weighted by atomic mass is 9.84. The van der Waals surface area contributed by atoms with E-state index in [1.54, 1.807) is 25.3 Å². The Morgan fingerprint density at radius 1 is 1.23 bits per heavy atom. The molecule has 9 heteroatoms. The number of nitrogens with one attached hydrogen (secondary N) is 1. The van der Waals surface area contributed by atoms with Crippen LogP contribution in [0.5, 0.6) is 17.4 Å². The fourth-order valence-corrected chi connectivity index (χ4v) is 3.97. The van der Waals surface area contributed by atoms with Gasteiger partial charge in [-0.25, -0.2) is 0 Å². The molecular formula is C22H18Cl2N4O3. The average Bonchev–Trinajstić information content (AvgIpc) is 3.12. The van der Waals surface area contributed by atoms with Crippen LogP contribution in [-0.4, -0.2) is 17.3 Å². The molecular weight excluding hydrogens is 439 g/mol. The molecule has 3 aromatic rings. The predicted molar refractivity (Wildman–Crippen MR) is 116 cm³/mol. The Morgan fingerprint density at radius 3 is 2.74 bits per heavy atom. The number of allylic oxidation sites excluding steroid dienone is 1. The molecule has 1 aliphatic rings. The minimum Gasteiger partial charge on any atom is -0.493 e. The van der Waals surface area contributed by atoms with Crippen molar-refractivity contribution in [3.05, 3.63) is 80.3 Å². The van der Waals surface area contributed by atoms with Crippen LogP contribution in [0, 0.1) is 18.3 Å². The Bertz CT molecular complexity index is 1230. The van der Waals surface area contributed by atoms with E-state index in [2.05, 4.69) is 16.3 Å². The summed E-state index contributed by atoms with van der Waals surface area (Å²) in [6.45, 7) is 2.10. The van der Waals surface area contributed by atoms with Crippen molar-refractivity contribution < 1.29 is 14.2 Å². The number of hydrogen-bond acceptors (Lipinski definition) is 6. The van der Waals surface area contributed by atoms with Crippen LogP contribution in [-0.2, 0) is 6.61 Å². The van der Waals surface area contributed by atoms with Crippen LogP contribution in [0.2, 0.25) is 10.0 Å². The zero-order chi connectivity index (χ0) is 22.1. The molecule has 0 saturated heterocycles. The number of halogens is 2. The maximum Gasteiger partial charge on any atom is 0.244 e. The van der Waals surface area contributed by atoms with Crippen molar-refractivity contribution in [2.75, 3.05) is 7.11 Å². The number of aromatic amines is 1. The van der Waals surface area contributed by atoms with Gasteiger partial charge in [-0.2, -0.15) is 5.26 Å². The molecule has 0 amide bonds. The van der Waals surface area contributed by atoms with E-state index in [1.165, 1.54) is 0 Å². The molecule has 0 radical (unpaired) electrons. The minimum absolute atomic E-state index is 0.0307. The third-order valence-corrected chi connectivity index (χ3v) is 5.64. The fraction of sp³-hybridized carbons (Fsp3) is 0.182. The molecule has 0 spiro atoms. The van der Waals surface area contributed by atoms with Crippen LogP contribution >= 0.6 is 23.2 Å². The number of H-pyrrole nitrogens is 1. The first-order chi connectivity index (χ1) is 14.9. The highest BCUT2D eigenvalue weighted by Gasteiger charge is 2.34. The van der Waals surface area contributed by atoms with Gasteiger partial charge in [-0.05, 0) is 36.8 Å². The molecule has 7 nitrogen and oxygen atoms in total. The van der Waals surface area contributed by atoms with Crippen LogP contribution in [0.4, 0.5) is 0 Å². The van der Waals surface area contributed by atoms with Gasteiger partial charge in [0.15, 0.2) is 11.5 Å². The third-order valence-electron chi connectivity index (χ3n) is 5.05. The lowest BCUT2D eigenvalue weighted by Crippen LogP contribution is -2.21. The van der Waals surface area contributed by atoms with Gasteiger partial charge in [0.1, 0.15) is 18.2 Å². The molecule has 31 heavy (non-hydrogen) atoms. The van der Waals surface area contributed by atoms with Crippen LogP contribution in [0.25, 0.3) is 0 Å². The highest BCUT2D eigenvalue weighted by Crippen LogP contribution is 2.44. The van der Waals surface area contributed by atoms with Crippen molar-refractivity contribution in [1.82, 2.24) is 10.2 Å². The van der Waals surface area contributed by atoms with E-state index in [1.807, 2.05) is 25.1 Å². The van der Waals surface area contributed by atoms with Crippen LogP contribution in [0.1, 0.15) is 28.3 Å². The second kappa shape index (κ2) is 8.42. The standard InChI is InChI=1S/C22H18Cl2N4O3/c1-11-19-20(15(9-25)21(26)31-22(19)28-27-11)12-4-6-17(18(7-12)29-2)30-10-13-3-5-14(23)8-16(13)24/h3-8,20H,10,26H2,1-2H3,(H,27,28)/t20-/m0/s1. The van der Waals surface area contributed by atoms with Crippen molar-refractivity contribution in [2.24, 2.45) is 5.73 Å². The van der Waals surface area contributed by atoms with Gasteiger partial charge in [-0.1, -0.05) is 35.3 Å². The maximum absolute atomic E-state index is 9.71. The molecule has 158 valence electrons. The SMILES string of the molecule is COc1cc([C@H]2C(C#N)=C(N)Oc3n[nH]c(C)c32)ccc1OCc1ccc(Cl)cc1Cl. The number of fused-ring (bicyclic) bond motifs is 1. The molecule has 0 unspecified atom stereocenters. The summed E-state index contributed by atoms with van der Waals surface area (Å²) in [5, 5.41) is 17.8. The second-order valence-corrected chi connectivity index (χ2v) is 7.77. The largest absolute Gasteiger partial charge is 0.493 e. The molecule has 0 fully saturated rings. The summed E-state index contributed by atoms with van der Waals surface area (Å²) in [7, 11) is 1.55. The molecule has 1 aliphatic heterocycles. The van der Waals surface area contributed by atoms with E-state index >= 15 is 0 Å². The Labute approximate surface area is 188 Å². The van der Waals surface area contributed by atoms with Gasteiger partial charge in [0.2, 0.25) is 11.8 Å². The van der Waals surface area contributed by atoms with E-state index in [4.69, 9.17) is 43.1 Å². The van der Waals surface area contributed by atoms with Gasteiger partial charge >= 0.3 is 0 Å². The molecule has 4 rings (SSSR count). The van der Waals surface area contributed by atoms with Crippen molar-refractivity contribution in [3.8, 4) is 23.4 Å². The van der Waals surface area contributed by atoms with E-state index < -0.39 is 5.92 Å². The van der Waals surface area contributed by atoms with Crippen molar-refractivity contribution in [2.45, 2.75) is 19.4 Å². The summed E-state index contributed by atoms with van der Waals surface area (Å²) in [4.78, 5) is 0. The lowest BCUT2D eigenvalue weighted by Gasteiger charge is -2.24. The predicted octanol–water partition coefficient (Wildman–Crippen LogP) is 4.83. The number of nitrogens with zero attached hydrogens (tertiary/aromatic N) is 2. The fourth-order valence-electron chi connectivity index (χ4n) is 3.51. The maximum atomic E-state index is 9.71. The monoisotopic (exact) mass is 456 g/mol. The minimum atomic E-state index is -0.443. The van der Waals surface area contributed by atoms with Crippen LogP contribution in [0.15, 0.2) is 47.9 Å². The van der Waals surface area contributed by atoms with E-state index in [0.717, 1.165) is 22.4 Å². The Balaban J connectivity index is 1.68. The second-order valence-electron chi connectivity index (χ2n) is 6.93. The molecule has 1 aromatic heterocycles. The summed E-state index contributed by atoms with van der Waals surface area (Å²) < 4.78 is 17.0. The normalized spacial score (nSPS) is 15.1. The highest BCUT2D eigenvalue weighted by atomic mass is 35.5.